The fraction of sp³-hybridized carbons (Fsp3) is 0.458. The van der Waals surface area contributed by atoms with Gasteiger partial charge in [-0.1, -0.05) is 31.2 Å². The highest BCUT2D eigenvalue weighted by atomic mass is 32.2. The maximum Gasteiger partial charge on any atom is 0.251 e. The molecule has 1 aliphatic carbocycles. The van der Waals surface area contributed by atoms with Crippen molar-refractivity contribution in [3.63, 3.8) is 0 Å². The molecule has 2 aromatic carbocycles. The number of nitrogens with one attached hydrogen (secondary N) is 1. The molecule has 4 rings (SSSR count). The fourth-order valence-electron chi connectivity index (χ4n) is 4.88. The summed E-state index contributed by atoms with van der Waals surface area (Å²) in [6.45, 7) is 2.56. The van der Waals surface area contributed by atoms with Gasteiger partial charge in [-0.15, -0.1) is 0 Å². The number of hydrogen-bond acceptors (Lipinski definition) is 5. The van der Waals surface area contributed by atoms with Crippen molar-refractivity contribution in [3.05, 3.63) is 59.2 Å². The Labute approximate surface area is 189 Å². The molecule has 1 fully saturated rings. The number of primary sulfonamides is 1. The number of benzene rings is 2. The average molecular weight is 459 g/mol. The van der Waals surface area contributed by atoms with Crippen LogP contribution in [0.1, 0.15) is 65.9 Å². The second kappa shape index (κ2) is 9.50. The molecule has 0 saturated heterocycles. The van der Waals surface area contributed by atoms with Crippen molar-refractivity contribution in [2.75, 3.05) is 19.1 Å². The Hall–Kier alpha value is -2.58. The van der Waals surface area contributed by atoms with Crippen molar-refractivity contribution >= 4 is 15.9 Å². The van der Waals surface area contributed by atoms with Crippen molar-refractivity contribution in [2.24, 2.45) is 11.1 Å². The maximum absolute atomic E-state index is 12.2. The minimum atomic E-state index is -3.58. The van der Waals surface area contributed by atoms with Gasteiger partial charge in [0.2, 0.25) is 16.8 Å². The van der Waals surface area contributed by atoms with E-state index < -0.39 is 10.0 Å². The summed E-state index contributed by atoms with van der Waals surface area (Å²) < 4.78 is 33.2. The number of carbonyl (C=O) groups is 1. The monoisotopic (exact) mass is 458 g/mol. The second-order valence-electron chi connectivity index (χ2n) is 8.84. The third-order valence-electron chi connectivity index (χ3n) is 6.50. The lowest BCUT2D eigenvalue weighted by Crippen LogP contribution is -2.31. The summed E-state index contributed by atoms with van der Waals surface area (Å²) in [4.78, 5) is 12.2. The van der Waals surface area contributed by atoms with Gasteiger partial charge in [-0.3, -0.25) is 4.79 Å². The molecule has 1 saturated carbocycles. The highest BCUT2D eigenvalue weighted by molar-refractivity contribution is 7.89. The zero-order valence-electron chi connectivity index (χ0n) is 18.3. The van der Waals surface area contributed by atoms with Crippen LogP contribution in [0.4, 0.5) is 0 Å². The first kappa shape index (κ1) is 22.6. The number of para-hydroxylation sites is 1. The Balaban J connectivity index is 1.31. The summed E-state index contributed by atoms with van der Waals surface area (Å²) in [6.07, 6.45) is 4.58. The van der Waals surface area contributed by atoms with Crippen LogP contribution in [0.2, 0.25) is 0 Å². The molecule has 2 aromatic rings. The summed E-state index contributed by atoms with van der Waals surface area (Å²) in [5.41, 5.74) is 2.99. The first-order valence-corrected chi connectivity index (χ1v) is 12.8. The molecule has 1 unspecified atom stereocenters. The van der Waals surface area contributed by atoms with Gasteiger partial charge in [-0.05, 0) is 67.2 Å². The van der Waals surface area contributed by atoms with Gasteiger partial charge in [0.15, 0.2) is 11.5 Å². The van der Waals surface area contributed by atoms with E-state index in [4.69, 9.17) is 14.6 Å². The van der Waals surface area contributed by atoms with E-state index in [-0.39, 0.29) is 18.2 Å². The molecule has 0 spiro atoms. The molecule has 1 aliphatic heterocycles. The van der Waals surface area contributed by atoms with E-state index in [1.165, 1.54) is 17.5 Å². The van der Waals surface area contributed by atoms with Gasteiger partial charge in [-0.2, -0.15) is 0 Å². The maximum atomic E-state index is 12.2. The zero-order valence-corrected chi connectivity index (χ0v) is 19.1. The Morgan fingerprint density at radius 2 is 1.94 bits per heavy atom. The number of carbonyl (C=O) groups excluding carboxylic acids is 1. The lowest BCUT2D eigenvalue weighted by molar-refractivity contribution is 0.0956. The number of amides is 1. The van der Waals surface area contributed by atoms with Crippen molar-refractivity contribution in [1.82, 2.24) is 5.32 Å². The number of fused-ring (bicyclic) bond motifs is 1. The molecule has 0 aromatic heterocycles. The van der Waals surface area contributed by atoms with Crippen LogP contribution in [0.3, 0.4) is 0 Å². The van der Waals surface area contributed by atoms with Gasteiger partial charge in [0.25, 0.3) is 5.91 Å². The van der Waals surface area contributed by atoms with E-state index in [1.807, 2.05) is 36.4 Å². The lowest BCUT2D eigenvalue weighted by Gasteiger charge is -2.19. The zero-order chi connectivity index (χ0) is 22.7. The molecule has 3 N–H and O–H groups in total. The molecule has 32 heavy (non-hydrogen) atoms. The normalized spacial score (nSPS) is 20.8. The minimum Gasteiger partial charge on any atom is -0.454 e. The van der Waals surface area contributed by atoms with Crippen molar-refractivity contribution < 1.29 is 22.7 Å². The largest absolute Gasteiger partial charge is 0.454 e. The van der Waals surface area contributed by atoms with Crippen LogP contribution in [0.5, 0.6) is 11.5 Å². The number of ether oxygens (including phenoxy) is 2. The Kier molecular flexibility index (Phi) is 6.71. The predicted octanol–water partition coefficient (Wildman–Crippen LogP) is 3.51. The summed E-state index contributed by atoms with van der Waals surface area (Å²) in [6, 6.07) is 13.8. The van der Waals surface area contributed by atoms with E-state index in [9.17, 15) is 13.2 Å². The molecule has 1 amide bonds. The van der Waals surface area contributed by atoms with Gasteiger partial charge in [0.05, 0.1) is 5.75 Å². The smallest absolute Gasteiger partial charge is 0.251 e. The summed E-state index contributed by atoms with van der Waals surface area (Å²) >= 11 is 0. The molecule has 1 heterocycles. The van der Waals surface area contributed by atoms with Crippen LogP contribution in [-0.4, -0.2) is 33.4 Å². The Morgan fingerprint density at radius 3 is 2.69 bits per heavy atom. The molecule has 0 bridgehead atoms. The van der Waals surface area contributed by atoms with E-state index >= 15 is 0 Å². The Morgan fingerprint density at radius 1 is 1.16 bits per heavy atom. The summed E-state index contributed by atoms with van der Waals surface area (Å²) in [7, 11) is -3.58. The molecule has 0 radical (unpaired) electrons. The van der Waals surface area contributed by atoms with E-state index in [1.54, 1.807) is 0 Å². The van der Waals surface area contributed by atoms with Gasteiger partial charge >= 0.3 is 0 Å². The van der Waals surface area contributed by atoms with Crippen LogP contribution in [0, 0.1) is 5.92 Å². The predicted molar refractivity (Wildman–Crippen MR) is 122 cm³/mol. The minimum absolute atomic E-state index is 0.00367. The van der Waals surface area contributed by atoms with Gasteiger partial charge in [-0.25, -0.2) is 13.6 Å². The van der Waals surface area contributed by atoms with Crippen LogP contribution in [0.25, 0.3) is 0 Å². The molecule has 172 valence electrons. The van der Waals surface area contributed by atoms with Crippen LogP contribution in [-0.2, 0) is 10.0 Å². The van der Waals surface area contributed by atoms with Crippen LogP contribution < -0.4 is 19.9 Å². The fourth-order valence-corrected chi connectivity index (χ4v) is 5.26. The van der Waals surface area contributed by atoms with Crippen molar-refractivity contribution in [1.29, 1.82) is 0 Å². The quantitative estimate of drug-likeness (QED) is 0.629. The first-order valence-electron chi connectivity index (χ1n) is 11.1. The van der Waals surface area contributed by atoms with Gasteiger partial charge in [0, 0.05) is 17.7 Å². The summed E-state index contributed by atoms with van der Waals surface area (Å²) in [5, 5.41) is 7.55. The molecular weight excluding hydrogens is 428 g/mol. The van der Waals surface area contributed by atoms with Crippen molar-refractivity contribution in [2.45, 2.75) is 44.4 Å². The van der Waals surface area contributed by atoms with E-state index in [0.29, 0.717) is 30.1 Å². The average Bonchev–Trinajstić information content (AvgIpc) is 3.42. The molecule has 7 nitrogen and oxygen atoms in total. The van der Waals surface area contributed by atoms with Gasteiger partial charge in [0.1, 0.15) is 0 Å². The molecule has 8 heteroatoms. The molecule has 2 aliphatic rings. The Bertz CT molecular complexity index is 1070. The van der Waals surface area contributed by atoms with Crippen LogP contribution in [0.15, 0.2) is 42.5 Å². The molecule has 3 atom stereocenters. The number of rotatable bonds is 8. The molecular formula is C24H30N2O5S. The number of nitrogens with two attached hydrogens (primary N) is 1. The van der Waals surface area contributed by atoms with Gasteiger partial charge < -0.3 is 14.8 Å². The number of hydrogen-bond donors (Lipinski definition) is 2. The number of sulfonamides is 1. The standard InChI is InChI=1S/C24H30N2O5S/c1-16(21-3-2-4-22-23(21)31-15-30-22)13-17-5-6-20(14-17)18-7-9-19(10-8-18)24(27)26-11-12-32(25,28)29/h2-4,7-10,16-17,20H,5-6,11-15H2,1H3,(H,26,27)(H2,25,28,29)/t16-,17?,20-/m0/s1. The topological polar surface area (TPSA) is 108 Å². The summed E-state index contributed by atoms with van der Waals surface area (Å²) in [5.74, 6) is 2.71. The highest BCUT2D eigenvalue weighted by Crippen LogP contribution is 2.45. The van der Waals surface area contributed by atoms with E-state index in [2.05, 4.69) is 18.3 Å². The third-order valence-corrected chi connectivity index (χ3v) is 7.28. The third kappa shape index (κ3) is 5.42. The highest BCUT2D eigenvalue weighted by Gasteiger charge is 2.29. The SMILES string of the molecule is C[C@@H](CC1CC[C@H](c2ccc(C(=O)NCCS(N)(=O)=O)cc2)C1)c1cccc2c1OCO2. The lowest BCUT2D eigenvalue weighted by atomic mass is 9.87. The van der Waals surface area contributed by atoms with Crippen molar-refractivity contribution in [3.8, 4) is 11.5 Å². The van der Waals surface area contributed by atoms with Crippen LogP contribution >= 0.6 is 0 Å². The second-order valence-corrected chi connectivity index (χ2v) is 10.6. The first-order chi connectivity index (χ1) is 15.3. The van der Waals surface area contributed by atoms with E-state index in [0.717, 1.165) is 30.8 Å².